The lowest BCUT2D eigenvalue weighted by Gasteiger charge is -2.07. The fraction of sp³-hybridized carbons (Fsp3) is 0.462. The van der Waals surface area contributed by atoms with Crippen molar-refractivity contribution in [2.24, 2.45) is 7.05 Å². The van der Waals surface area contributed by atoms with Crippen molar-refractivity contribution in [2.75, 3.05) is 7.11 Å². The lowest BCUT2D eigenvalue weighted by Crippen LogP contribution is -2.22. The van der Waals surface area contributed by atoms with E-state index in [1.165, 1.54) is 7.11 Å². The molecule has 0 aliphatic heterocycles. The second-order valence-corrected chi connectivity index (χ2v) is 4.91. The minimum absolute atomic E-state index is 0.257. The maximum Gasteiger partial charge on any atom is 0.275 e. The molecule has 1 saturated carbocycles. The summed E-state index contributed by atoms with van der Waals surface area (Å²) in [6.45, 7) is 1.88. The second-order valence-electron chi connectivity index (χ2n) is 4.91. The molecule has 2 aromatic rings. The van der Waals surface area contributed by atoms with Crippen molar-refractivity contribution >= 4 is 16.9 Å². The van der Waals surface area contributed by atoms with Gasteiger partial charge >= 0.3 is 0 Å². The van der Waals surface area contributed by atoms with Crippen LogP contribution in [-0.4, -0.2) is 27.8 Å². The van der Waals surface area contributed by atoms with Crippen molar-refractivity contribution in [1.29, 1.82) is 0 Å². The Morgan fingerprint density at radius 2 is 2.26 bits per heavy atom. The molecule has 1 amide bonds. The highest BCUT2D eigenvalue weighted by Gasteiger charge is 2.28. The summed E-state index contributed by atoms with van der Waals surface area (Å²) >= 11 is 0. The molecule has 0 saturated heterocycles. The number of pyridine rings is 1. The van der Waals surface area contributed by atoms with Crippen LogP contribution >= 0.6 is 0 Å². The Labute approximate surface area is 110 Å². The lowest BCUT2D eigenvalue weighted by molar-refractivity contribution is 0.0539. The average molecular weight is 260 g/mol. The number of hydrogen-bond donors (Lipinski definition) is 1. The molecule has 19 heavy (non-hydrogen) atoms. The monoisotopic (exact) mass is 260 g/mol. The maximum absolute atomic E-state index is 12.1. The number of nitrogens with zero attached hydrogens (tertiary/aromatic N) is 3. The van der Waals surface area contributed by atoms with Gasteiger partial charge in [-0.25, -0.2) is 10.5 Å². The molecule has 0 spiro atoms. The number of fused-ring (bicyclic) bond motifs is 1. The van der Waals surface area contributed by atoms with Crippen molar-refractivity contribution in [3.05, 3.63) is 23.0 Å². The van der Waals surface area contributed by atoms with Gasteiger partial charge in [-0.1, -0.05) is 0 Å². The zero-order valence-corrected chi connectivity index (χ0v) is 11.2. The van der Waals surface area contributed by atoms with E-state index < -0.39 is 0 Å². The molecule has 1 aliphatic carbocycles. The Balaban J connectivity index is 2.23. The van der Waals surface area contributed by atoms with Gasteiger partial charge < -0.3 is 0 Å². The number of hydroxylamine groups is 1. The summed E-state index contributed by atoms with van der Waals surface area (Å²) in [6, 6.07) is 1.86. The van der Waals surface area contributed by atoms with Crippen LogP contribution in [0.25, 0.3) is 11.0 Å². The number of amides is 1. The van der Waals surface area contributed by atoms with Crippen LogP contribution in [0.5, 0.6) is 0 Å². The molecule has 0 radical (unpaired) electrons. The predicted octanol–water partition coefficient (Wildman–Crippen LogP) is 1.45. The second kappa shape index (κ2) is 4.31. The summed E-state index contributed by atoms with van der Waals surface area (Å²) in [5.74, 6) is 0.224. The number of carbonyl (C=O) groups is 1. The number of nitrogens with one attached hydrogen (secondary N) is 1. The van der Waals surface area contributed by atoms with E-state index >= 15 is 0 Å². The fourth-order valence-corrected chi connectivity index (χ4v) is 2.38. The molecule has 6 heteroatoms. The molecule has 0 unspecified atom stereocenters. The predicted molar refractivity (Wildman–Crippen MR) is 69.7 cm³/mol. The molecule has 1 N–H and O–H groups in total. The van der Waals surface area contributed by atoms with Crippen molar-refractivity contribution < 1.29 is 9.63 Å². The van der Waals surface area contributed by atoms with E-state index in [-0.39, 0.29) is 5.91 Å². The van der Waals surface area contributed by atoms with Gasteiger partial charge in [0.2, 0.25) is 0 Å². The molecule has 0 bridgehead atoms. The van der Waals surface area contributed by atoms with Crippen LogP contribution in [-0.2, 0) is 11.9 Å². The number of carbonyl (C=O) groups excluding carboxylic acids is 1. The van der Waals surface area contributed by atoms with E-state index in [2.05, 4.69) is 15.6 Å². The average Bonchev–Trinajstić information content (AvgIpc) is 3.17. The van der Waals surface area contributed by atoms with Crippen molar-refractivity contribution in [2.45, 2.75) is 25.7 Å². The summed E-state index contributed by atoms with van der Waals surface area (Å²) in [5.41, 5.74) is 5.48. The van der Waals surface area contributed by atoms with Gasteiger partial charge in [0.05, 0.1) is 23.8 Å². The van der Waals surface area contributed by atoms with Gasteiger partial charge in [0.15, 0.2) is 5.65 Å². The van der Waals surface area contributed by atoms with Gasteiger partial charge in [0.25, 0.3) is 5.91 Å². The first-order valence-electron chi connectivity index (χ1n) is 6.29. The molecule has 6 nitrogen and oxygen atoms in total. The quantitative estimate of drug-likeness (QED) is 0.848. The summed E-state index contributed by atoms with van der Waals surface area (Å²) < 4.78 is 1.72. The third-order valence-electron chi connectivity index (χ3n) is 3.42. The molecule has 100 valence electrons. The third kappa shape index (κ3) is 1.98. The van der Waals surface area contributed by atoms with Crippen LogP contribution in [0.2, 0.25) is 0 Å². The minimum Gasteiger partial charge on any atom is -0.277 e. The van der Waals surface area contributed by atoms with E-state index in [1.807, 2.05) is 20.0 Å². The molecule has 1 fully saturated rings. The molecule has 3 rings (SSSR count). The highest BCUT2D eigenvalue weighted by molar-refractivity contribution is 6.06. The zero-order valence-electron chi connectivity index (χ0n) is 11.2. The molecular weight excluding hydrogens is 244 g/mol. The van der Waals surface area contributed by atoms with Gasteiger partial charge in [-0.05, 0) is 25.8 Å². The minimum atomic E-state index is -0.257. The Hall–Kier alpha value is -1.95. The van der Waals surface area contributed by atoms with Crippen LogP contribution in [0.1, 0.15) is 40.5 Å². The van der Waals surface area contributed by atoms with Crippen LogP contribution < -0.4 is 5.48 Å². The first-order valence-corrected chi connectivity index (χ1v) is 6.29. The number of hydrogen-bond acceptors (Lipinski definition) is 4. The number of aryl methyl sites for hydroxylation is 2. The van der Waals surface area contributed by atoms with Gasteiger partial charge in [-0.3, -0.25) is 14.3 Å². The zero-order chi connectivity index (χ0) is 13.6. The van der Waals surface area contributed by atoms with E-state index in [4.69, 9.17) is 4.84 Å². The van der Waals surface area contributed by atoms with E-state index in [1.54, 1.807) is 4.68 Å². The Kier molecular flexibility index (Phi) is 2.74. The highest BCUT2D eigenvalue weighted by atomic mass is 16.6. The Bertz CT molecular complexity index is 658. The fourth-order valence-electron chi connectivity index (χ4n) is 2.38. The molecule has 2 aromatic heterocycles. The first-order chi connectivity index (χ1) is 9.11. The number of aromatic nitrogens is 3. The summed E-state index contributed by atoms with van der Waals surface area (Å²) in [5, 5.41) is 5.14. The van der Waals surface area contributed by atoms with E-state index in [0.29, 0.717) is 11.5 Å². The number of rotatable bonds is 3. The smallest absolute Gasteiger partial charge is 0.275 e. The lowest BCUT2D eigenvalue weighted by atomic mass is 10.1. The summed E-state index contributed by atoms with van der Waals surface area (Å²) in [7, 11) is 3.27. The summed E-state index contributed by atoms with van der Waals surface area (Å²) in [6.07, 6.45) is 2.28. The van der Waals surface area contributed by atoms with Crippen LogP contribution in [0.3, 0.4) is 0 Å². The van der Waals surface area contributed by atoms with Gasteiger partial charge in [0, 0.05) is 18.7 Å². The Morgan fingerprint density at radius 1 is 1.53 bits per heavy atom. The highest BCUT2D eigenvalue weighted by Crippen LogP contribution is 2.40. The Morgan fingerprint density at radius 3 is 2.89 bits per heavy atom. The molecule has 0 aromatic carbocycles. The molecular formula is C13H16N4O2. The topological polar surface area (TPSA) is 69.0 Å². The van der Waals surface area contributed by atoms with Crippen LogP contribution in [0.4, 0.5) is 0 Å². The van der Waals surface area contributed by atoms with Crippen molar-refractivity contribution in [1.82, 2.24) is 20.2 Å². The van der Waals surface area contributed by atoms with Gasteiger partial charge in [-0.15, -0.1) is 0 Å². The van der Waals surface area contributed by atoms with Crippen LogP contribution in [0, 0.1) is 6.92 Å². The standard InChI is InChI=1S/C13H16N4O2/c1-7-11-9(13(18)16-19-3)6-10(8-4-5-8)14-12(11)17(2)15-7/h6,8H,4-5H2,1-3H3,(H,16,18). The maximum atomic E-state index is 12.1. The van der Waals surface area contributed by atoms with Gasteiger partial charge in [0.1, 0.15) is 0 Å². The van der Waals surface area contributed by atoms with Crippen molar-refractivity contribution in [3.8, 4) is 0 Å². The molecule has 0 atom stereocenters. The largest absolute Gasteiger partial charge is 0.277 e. The normalized spacial score (nSPS) is 14.9. The molecule has 1 aliphatic rings. The van der Waals surface area contributed by atoms with E-state index in [0.717, 1.165) is 35.3 Å². The van der Waals surface area contributed by atoms with E-state index in [9.17, 15) is 4.79 Å². The van der Waals surface area contributed by atoms with Crippen LogP contribution in [0.15, 0.2) is 6.07 Å². The molecule has 2 heterocycles. The first kappa shape index (κ1) is 12.1. The SMILES string of the molecule is CONC(=O)c1cc(C2CC2)nc2c1c(C)nn2C. The third-order valence-corrected chi connectivity index (χ3v) is 3.42. The summed E-state index contributed by atoms with van der Waals surface area (Å²) in [4.78, 5) is 21.5. The van der Waals surface area contributed by atoms with Gasteiger partial charge in [-0.2, -0.15) is 5.10 Å². The van der Waals surface area contributed by atoms with Crippen molar-refractivity contribution in [3.63, 3.8) is 0 Å².